The monoisotopic (exact) mass is 365 g/mol. The topological polar surface area (TPSA) is 70.7 Å². The minimum atomic E-state index is -0.523. The molecule has 1 aliphatic rings. The van der Waals surface area contributed by atoms with Gasteiger partial charge in [0, 0.05) is 13.6 Å². The van der Waals surface area contributed by atoms with Crippen molar-refractivity contribution in [2.45, 2.75) is 24.9 Å². The summed E-state index contributed by atoms with van der Waals surface area (Å²) in [6.45, 7) is 0.870. The van der Waals surface area contributed by atoms with E-state index in [4.69, 9.17) is 11.2 Å². The van der Waals surface area contributed by atoms with Gasteiger partial charge in [-0.25, -0.2) is 0 Å². The molecule has 2 rings (SSSR count). The van der Waals surface area contributed by atoms with E-state index in [1.54, 1.807) is 14.2 Å². The van der Waals surface area contributed by atoms with Crippen molar-refractivity contribution >= 4 is 24.2 Å². The second-order valence-corrected chi connectivity index (χ2v) is 5.61. The van der Waals surface area contributed by atoms with Crippen molar-refractivity contribution in [3.05, 3.63) is 29.8 Å². The Bertz CT molecular complexity index is 627. The van der Waals surface area contributed by atoms with Crippen molar-refractivity contribution in [2.75, 3.05) is 27.2 Å². The highest BCUT2D eigenvalue weighted by atomic mass is 35.5. The van der Waals surface area contributed by atoms with E-state index < -0.39 is 6.04 Å². The van der Waals surface area contributed by atoms with Crippen LogP contribution >= 0.6 is 12.4 Å². The van der Waals surface area contributed by atoms with Crippen LogP contribution in [0.25, 0.3) is 0 Å². The molecule has 136 valence electrons. The predicted octanol–water partition coefficient (Wildman–Crippen LogP) is 1.12. The molecule has 6 nitrogen and oxygen atoms in total. The van der Waals surface area contributed by atoms with Crippen molar-refractivity contribution in [1.82, 2.24) is 15.5 Å². The first-order valence-corrected chi connectivity index (χ1v) is 7.94. The zero-order valence-corrected chi connectivity index (χ0v) is 15.3. The molecule has 7 heteroatoms. The molecule has 1 heterocycles. The van der Waals surface area contributed by atoms with E-state index >= 15 is 0 Å². The molecule has 0 aliphatic carbocycles. The fourth-order valence-electron chi connectivity index (χ4n) is 3.05. The fraction of sp³-hybridized carbons (Fsp3) is 0.444. The fourth-order valence-corrected chi connectivity index (χ4v) is 3.05. The number of benzene rings is 1. The van der Waals surface area contributed by atoms with Crippen LogP contribution in [0.5, 0.6) is 5.75 Å². The number of ether oxygens (including phenoxy) is 1. The number of hydrogen-bond donors (Lipinski definition) is 2. The minimum Gasteiger partial charge on any atom is -0.497 e. The number of amides is 2. The minimum absolute atomic E-state index is 0. The quantitative estimate of drug-likeness (QED) is 0.741. The summed E-state index contributed by atoms with van der Waals surface area (Å²) in [5.74, 6) is 2.85. The van der Waals surface area contributed by atoms with Gasteiger partial charge >= 0.3 is 0 Å². The largest absolute Gasteiger partial charge is 0.497 e. The summed E-state index contributed by atoms with van der Waals surface area (Å²) in [6.07, 6.45) is 6.77. The van der Waals surface area contributed by atoms with Gasteiger partial charge in [-0.1, -0.05) is 18.1 Å². The number of likely N-dealkylation sites (tertiary alicyclic amines) is 1. The van der Waals surface area contributed by atoms with Gasteiger partial charge in [-0.3, -0.25) is 14.5 Å². The molecular weight excluding hydrogens is 342 g/mol. The molecule has 1 saturated heterocycles. The number of methoxy groups -OCH3 is 1. The maximum Gasteiger partial charge on any atom is 0.241 e. The van der Waals surface area contributed by atoms with Crippen molar-refractivity contribution in [2.24, 2.45) is 0 Å². The maximum absolute atomic E-state index is 12.5. The number of nitrogens with zero attached hydrogens (tertiary/aromatic N) is 1. The number of carbonyl (C=O) groups is 2. The highest BCUT2D eigenvalue weighted by Gasteiger charge is 2.38. The molecule has 0 spiro atoms. The van der Waals surface area contributed by atoms with E-state index in [0.717, 1.165) is 17.7 Å². The summed E-state index contributed by atoms with van der Waals surface area (Å²) in [7, 11) is 3.19. The Hall–Kier alpha value is -2.23. The molecular formula is C18H24ClN3O3. The molecule has 0 saturated carbocycles. The standard InChI is InChI=1S/C18H23N3O3.ClH/c1-4-11-20-17(22)15-6-5-12-21(15)16(18(23)19-2)13-7-9-14(24-3)10-8-13;/h1,7-10,15-16H,5-6,11-12H2,2-3H3,(H,19,23)(H,20,22);1H/t15-,16+;/m0./s1. The van der Waals surface area contributed by atoms with E-state index in [1.807, 2.05) is 29.2 Å². The van der Waals surface area contributed by atoms with Crippen molar-refractivity contribution in [3.8, 4) is 18.1 Å². The van der Waals surface area contributed by atoms with Gasteiger partial charge in [0.1, 0.15) is 11.8 Å². The Morgan fingerprint density at radius 2 is 2.08 bits per heavy atom. The van der Waals surface area contributed by atoms with E-state index in [-0.39, 0.29) is 36.8 Å². The lowest BCUT2D eigenvalue weighted by Crippen LogP contribution is -2.48. The summed E-state index contributed by atoms with van der Waals surface area (Å²) in [5, 5.41) is 5.41. The van der Waals surface area contributed by atoms with Gasteiger partial charge in [0.15, 0.2) is 0 Å². The lowest BCUT2D eigenvalue weighted by Gasteiger charge is -2.31. The van der Waals surface area contributed by atoms with Crippen LogP contribution in [0.1, 0.15) is 24.4 Å². The van der Waals surface area contributed by atoms with Gasteiger partial charge in [-0.15, -0.1) is 18.8 Å². The van der Waals surface area contributed by atoms with Crippen LogP contribution in [-0.4, -0.2) is 50.0 Å². The van der Waals surface area contributed by atoms with Crippen LogP contribution in [-0.2, 0) is 9.59 Å². The summed E-state index contributed by atoms with van der Waals surface area (Å²) in [4.78, 5) is 26.8. The number of likely N-dealkylation sites (N-methyl/N-ethyl adjacent to an activating group) is 1. The highest BCUT2D eigenvalue weighted by Crippen LogP contribution is 2.30. The third-order valence-corrected chi connectivity index (χ3v) is 4.22. The highest BCUT2D eigenvalue weighted by molar-refractivity contribution is 5.86. The summed E-state index contributed by atoms with van der Waals surface area (Å²) < 4.78 is 5.17. The Morgan fingerprint density at radius 3 is 2.64 bits per heavy atom. The molecule has 25 heavy (non-hydrogen) atoms. The summed E-state index contributed by atoms with van der Waals surface area (Å²) in [6, 6.07) is 6.46. The van der Waals surface area contributed by atoms with Crippen molar-refractivity contribution in [3.63, 3.8) is 0 Å². The van der Waals surface area contributed by atoms with Gasteiger partial charge in [0.2, 0.25) is 11.8 Å². The van der Waals surface area contributed by atoms with E-state index in [2.05, 4.69) is 16.6 Å². The first-order chi connectivity index (χ1) is 11.6. The second kappa shape index (κ2) is 9.92. The molecule has 1 aliphatic heterocycles. The Balaban J connectivity index is 0.00000312. The van der Waals surface area contributed by atoms with Gasteiger partial charge in [0.05, 0.1) is 19.7 Å². The van der Waals surface area contributed by atoms with Crippen LogP contribution in [0.15, 0.2) is 24.3 Å². The van der Waals surface area contributed by atoms with Gasteiger partial charge in [0.25, 0.3) is 0 Å². The Kier molecular flexibility index (Phi) is 8.26. The van der Waals surface area contributed by atoms with Gasteiger partial charge < -0.3 is 15.4 Å². The third kappa shape index (κ3) is 4.88. The summed E-state index contributed by atoms with van der Waals surface area (Å²) in [5.41, 5.74) is 0.826. The zero-order valence-electron chi connectivity index (χ0n) is 14.5. The molecule has 2 atom stereocenters. The molecule has 0 radical (unpaired) electrons. The number of hydrogen-bond acceptors (Lipinski definition) is 4. The third-order valence-electron chi connectivity index (χ3n) is 4.22. The number of halogens is 1. The molecule has 2 N–H and O–H groups in total. The average Bonchev–Trinajstić information content (AvgIpc) is 3.09. The average molecular weight is 366 g/mol. The first kappa shape index (κ1) is 20.8. The zero-order chi connectivity index (χ0) is 17.5. The normalized spacial score (nSPS) is 17.7. The Morgan fingerprint density at radius 1 is 1.40 bits per heavy atom. The molecule has 0 aromatic heterocycles. The number of nitrogens with one attached hydrogen (secondary N) is 2. The molecule has 0 bridgehead atoms. The van der Waals surface area contributed by atoms with E-state index in [1.165, 1.54) is 0 Å². The first-order valence-electron chi connectivity index (χ1n) is 7.94. The lowest BCUT2D eigenvalue weighted by atomic mass is 10.0. The number of terminal acetylenes is 1. The van der Waals surface area contributed by atoms with Crippen molar-refractivity contribution in [1.29, 1.82) is 0 Å². The lowest BCUT2D eigenvalue weighted by molar-refractivity contribution is -0.131. The SMILES string of the molecule is C#CCNC(=O)[C@@H]1CCCN1[C@@H](C(=O)NC)c1ccc(OC)cc1.Cl. The van der Waals surface area contributed by atoms with Gasteiger partial charge in [-0.2, -0.15) is 0 Å². The van der Waals surface area contributed by atoms with Gasteiger partial charge in [-0.05, 0) is 30.5 Å². The molecule has 1 aromatic rings. The smallest absolute Gasteiger partial charge is 0.241 e. The molecule has 1 fully saturated rings. The van der Waals surface area contributed by atoms with Crippen LogP contribution in [0, 0.1) is 12.3 Å². The predicted molar refractivity (Wildman–Crippen MR) is 98.6 cm³/mol. The maximum atomic E-state index is 12.5. The second-order valence-electron chi connectivity index (χ2n) is 5.61. The van der Waals surface area contributed by atoms with Crippen LogP contribution in [0.3, 0.4) is 0 Å². The van der Waals surface area contributed by atoms with Crippen molar-refractivity contribution < 1.29 is 14.3 Å². The van der Waals surface area contributed by atoms with Crippen LogP contribution in [0.2, 0.25) is 0 Å². The number of rotatable bonds is 6. The Labute approximate surface area is 154 Å². The molecule has 0 unspecified atom stereocenters. The van der Waals surface area contributed by atoms with Crippen LogP contribution < -0.4 is 15.4 Å². The van der Waals surface area contributed by atoms with Crippen LogP contribution in [0.4, 0.5) is 0 Å². The molecule has 2 amide bonds. The van der Waals surface area contributed by atoms with E-state index in [0.29, 0.717) is 13.0 Å². The molecule has 1 aromatic carbocycles. The van der Waals surface area contributed by atoms with E-state index in [9.17, 15) is 9.59 Å². The summed E-state index contributed by atoms with van der Waals surface area (Å²) >= 11 is 0. The number of carbonyl (C=O) groups excluding carboxylic acids is 2.